The van der Waals surface area contributed by atoms with Gasteiger partial charge in [-0.15, -0.1) is 0 Å². The van der Waals surface area contributed by atoms with Crippen molar-refractivity contribution in [2.24, 2.45) is 0 Å². The number of hydrogen-bond donors (Lipinski definition) is 2. The molecule has 15 heavy (non-hydrogen) atoms. The molecule has 0 atom stereocenters. The van der Waals surface area contributed by atoms with Gasteiger partial charge in [0.25, 0.3) is 0 Å². The van der Waals surface area contributed by atoms with Crippen LogP contribution in [0, 0.1) is 0 Å². The topological polar surface area (TPSA) is 40.5 Å². The molecule has 0 spiro atoms. The van der Waals surface area contributed by atoms with Crippen molar-refractivity contribution in [3.8, 4) is 0 Å². The van der Waals surface area contributed by atoms with Gasteiger partial charge >= 0.3 is 0 Å². The summed E-state index contributed by atoms with van der Waals surface area (Å²) in [5.74, 6) is 0. The van der Waals surface area contributed by atoms with Gasteiger partial charge in [0.1, 0.15) is 8.07 Å². The molecule has 0 amide bonds. The van der Waals surface area contributed by atoms with E-state index in [1.165, 1.54) is 5.19 Å². The summed E-state index contributed by atoms with van der Waals surface area (Å²) in [7, 11) is -1.78. The SMILES string of the molecule is C[Si](C)(/C(=C/CO)CO)c1ccccc1. The van der Waals surface area contributed by atoms with Crippen LogP contribution in [0.5, 0.6) is 0 Å². The first kappa shape index (κ1) is 12.2. The average Bonchev–Trinajstić information content (AvgIpc) is 2.27. The molecule has 0 saturated heterocycles. The molecule has 0 aromatic heterocycles. The second-order valence-corrected chi connectivity index (χ2v) is 8.53. The van der Waals surface area contributed by atoms with Crippen molar-refractivity contribution in [2.75, 3.05) is 13.2 Å². The van der Waals surface area contributed by atoms with Crippen LogP contribution < -0.4 is 5.19 Å². The minimum atomic E-state index is -1.78. The van der Waals surface area contributed by atoms with Crippen LogP contribution in [0.25, 0.3) is 0 Å². The highest BCUT2D eigenvalue weighted by Crippen LogP contribution is 2.14. The molecule has 1 rings (SSSR count). The van der Waals surface area contributed by atoms with Gasteiger partial charge in [-0.1, -0.05) is 59.9 Å². The van der Waals surface area contributed by atoms with Gasteiger partial charge in [0.2, 0.25) is 0 Å². The number of aliphatic hydroxyl groups is 2. The molecule has 0 saturated carbocycles. The quantitative estimate of drug-likeness (QED) is 0.748. The number of rotatable bonds is 4. The average molecular weight is 222 g/mol. The molecule has 0 aliphatic rings. The molecule has 82 valence electrons. The summed E-state index contributed by atoms with van der Waals surface area (Å²) >= 11 is 0. The van der Waals surface area contributed by atoms with Crippen molar-refractivity contribution >= 4 is 13.3 Å². The van der Waals surface area contributed by atoms with Gasteiger partial charge in [-0.3, -0.25) is 0 Å². The molecule has 0 bridgehead atoms. The minimum absolute atomic E-state index is 0.000836. The van der Waals surface area contributed by atoms with Gasteiger partial charge in [0.15, 0.2) is 0 Å². The second kappa shape index (κ2) is 5.26. The molecule has 0 aliphatic heterocycles. The third kappa shape index (κ3) is 2.78. The Bertz CT molecular complexity index is 331. The van der Waals surface area contributed by atoms with E-state index in [4.69, 9.17) is 5.11 Å². The largest absolute Gasteiger partial charge is 0.392 e. The number of benzene rings is 1. The maximum atomic E-state index is 9.31. The first-order chi connectivity index (χ1) is 7.12. The van der Waals surface area contributed by atoms with E-state index in [2.05, 4.69) is 25.2 Å². The monoisotopic (exact) mass is 222 g/mol. The predicted octanol–water partition coefficient (Wildman–Crippen LogP) is 1.05. The van der Waals surface area contributed by atoms with Crippen LogP contribution in [0.1, 0.15) is 0 Å². The first-order valence-corrected chi connectivity index (χ1v) is 8.09. The lowest BCUT2D eigenvalue weighted by Crippen LogP contribution is -2.45. The highest BCUT2D eigenvalue weighted by molar-refractivity contribution is 6.95. The lowest BCUT2D eigenvalue weighted by molar-refractivity contribution is 0.325. The van der Waals surface area contributed by atoms with E-state index in [1.807, 2.05) is 18.2 Å². The molecule has 1 aromatic rings. The van der Waals surface area contributed by atoms with Crippen molar-refractivity contribution in [3.63, 3.8) is 0 Å². The number of aliphatic hydroxyl groups excluding tert-OH is 2. The molecule has 0 unspecified atom stereocenters. The Morgan fingerprint density at radius 2 is 1.80 bits per heavy atom. The Morgan fingerprint density at radius 3 is 2.27 bits per heavy atom. The third-order valence-electron chi connectivity index (χ3n) is 2.81. The summed E-state index contributed by atoms with van der Waals surface area (Å²) in [5.41, 5.74) is 0. The zero-order valence-electron chi connectivity index (χ0n) is 9.27. The van der Waals surface area contributed by atoms with Crippen LogP contribution in [-0.2, 0) is 0 Å². The lowest BCUT2D eigenvalue weighted by atomic mass is 10.4. The highest BCUT2D eigenvalue weighted by atomic mass is 28.3. The van der Waals surface area contributed by atoms with E-state index >= 15 is 0 Å². The lowest BCUT2D eigenvalue weighted by Gasteiger charge is -2.25. The summed E-state index contributed by atoms with van der Waals surface area (Å²) in [4.78, 5) is 0. The molecule has 3 heteroatoms. The van der Waals surface area contributed by atoms with Gasteiger partial charge in [-0.2, -0.15) is 0 Å². The van der Waals surface area contributed by atoms with Gasteiger partial charge < -0.3 is 10.2 Å². The Hall–Kier alpha value is -0.903. The summed E-state index contributed by atoms with van der Waals surface area (Å²) < 4.78 is 0. The zero-order valence-corrected chi connectivity index (χ0v) is 10.3. The van der Waals surface area contributed by atoms with Crippen molar-refractivity contribution in [1.82, 2.24) is 0 Å². The molecule has 0 aliphatic carbocycles. The van der Waals surface area contributed by atoms with E-state index in [-0.39, 0.29) is 13.2 Å². The summed E-state index contributed by atoms with van der Waals surface area (Å²) in [6.07, 6.45) is 1.74. The Labute approximate surface area is 91.9 Å². The Balaban J connectivity index is 3.06. The van der Waals surface area contributed by atoms with Gasteiger partial charge in [-0.25, -0.2) is 0 Å². The number of hydrogen-bond acceptors (Lipinski definition) is 2. The van der Waals surface area contributed by atoms with Gasteiger partial charge in [-0.05, 0) is 0 Å². The molecular weight excluding hydrogens is 204 g/mol. The van der Waals surface area contributed by atoms with Crippen LogP contribution in [0.4, 0.5) is 0 Å². The van der Waals surface area contributed by atoms with E-state index in [1.54, 1.807) is 6.08 Å². The molecular formula is C12H18O2Si. The van der Waals surface area contributed by atoms with Crippen LogP contribution in [0.15, 0.2) is 41.6 Å². The summed E-state index contributed by atoms with van der Waals surface area (Å²) in [5, 5.41) is 20.5. The summed E-state index contributed by atoms with van der Waals surface area (Å²) in [6.45, 7) is 4.40. The standard InChI is InChI=1S/C12H18O2Si/c1-15(2,12(10-14)8-9-13)11-6-4-3-5-7-11/h3-8,13-14H,9-10H2,1-2H3/b12-8+. The van der Waals surface area contributed by atoms with Gasteiger partial charge in [0, 0.05) is 0 Å². The molecule has 2 N–H and O–H groups in total. The fourth-order valence-corrected chi connectivity index (χ4v) is 4.06. The molecule has 0 fully saturated rings. The van der Waals surface area contributed by atoms with Crippen molar-refractivity contribution in [1.29, 1.82) is 0 Å². The highest BCUT2D eigenvalue weighted by Gasteiger charge is 2.27. The van der Waals surface area contributed by atoms with Crippen molar-refractivity contribution in [3.05, 3.63) is 41.6 Å². The predicted molar refractivity (Wildman–Crippen MR) is 65.8 cm³/mol. The Morgan fingerprint density at radius 1 is 1.20 bits per heavy atom. The normalized spacial score (nSPS) is 12.9. The van der Waals surface area contributed by atoms with E-state index in [0.29, 0.717) is 0 Å². The van der Waals surface area contributed by atoms with E-state index < -0.39 is 8.07 Å². The van der Waals surface area contributed by atoms with E-state index in [0.717, 1.165) is 5.20 Å². The zero-order chi connectivity index (χ0) is 11.3. The molecule has 0 radical (unpaired) electrons. The third-order valence-corrected chi connectivity index (χ3v) is 6.55. The minimum Gasteiger partial charge on any atom is -0.392 e. The first-order valence-electron chi connectivity index (χ1n) is 5.09. The van der Waals surface area contributed by atoms with Crippen LogP contribution >= 0.6 is 0 Å². The maximum absolute atomic E-state index is 9.31. The van der Waals surface area contributed by atoms with Crippen molar-refractivity contribution < 1.29 is 10.2 Å². The second-order valence-electron chi connectivity index (χ2n) is 4.06. The Kier molecular flexibility index (Phi) is 4.26. The molecule has 0 heterocycles. The molecule has 1 aromatic carbocycles. The van der Waals surface area contributed by atoms with Crippen LogP contribution in [0.2, 0.25) is 13.1 Å². The van der Waals surface area contributed by atoms with Crippen LogP contribution in [-0.4, -0.2) is 31.5 Å². The fraction of sp³-hybridized carbons (Fsp3) is 0.333. The van der Waals surface area contributed by atoms with Crippen LogP contribution in [0.3, 0.4) is 0 Å². The fourth-order valence-electron chi connectivity index (χ4n) is 1.67. The summed E-state index contributed by atoms with van der Waals surface area (Å²) in [6, 6.07) is 10.2. The van der Waals surface area contributed by atoms with E-state index in [9.17, 15) is 5.11 Å². The smallest absolute Gasteiger partial charge is 0.110 e. The maximum Gasteiger partial charge on any atom is 0.110 e. The van der Waals surface area contributed by atoms with Gasteiger partial charge in [0.05, 0.1) is 13.2 Å². The molecule has 2 nitrogen and oxygen atoms in total. The van der Waals surface area contributed by atoms with Crippen molar-refractivity contribution in [2.45, 2.75) is 13.1 Å².